The molecule has 5 heteroatoms. The van der Waals surface area contributed by atoms with Crippen molar-refractivity contribution in [2.75, 3.05) is 20.3 Å². The largest absolute Gasteiger partial charge is 0.507 e. The molecular weight excluding hydrogens is 237 g/mol. The summed E-state index contributed by atoms with van der Waals surface area (Å²) in [6, 6.07) is 3.19. The van der Waals surface area contributed by atoms with Gasteiger partial charge in [0.2, 0.25) is 0 Å². The summed E-state index contributed by atoms with van der Waals surface area (Å²) in [6.45, 7) is 4.50. The Morgan fingerprint density at radius 3 is 2.78 bits per heavy atom. The van der Waals surface area contributed by atoms with Crippen molar-refractivity contribution in [3.8, 4) is 5.75 Å². The van der Waals surface area contributed by atoms with Crippen LogP contribution in [0, 0.1) is 5.82 Å². The first-order valence-corrected chi connectivity index (χ1v) is 5.79. The zero-order valence-electron chi connectivity index (χ0n) is 10.8. The first-order valence-electron chi connectivity index (χ1n) is 5.79. The van der Waals surface area contributed by atoms with Crippen molar-refractivity contribution in [3.63, 3.8) is 0 Å². The highest BCUT2D eigenvalue weighted by Crippen LogP contribution is 2.20. The van der Waals surface area contributed by atoms with E-state index in [1.165, 1.54) is 11.0 Å². The van der Waals surface area contributed by atoms with E-state index in [1.54, 1.807) is 7.11 Å². The normalized spacial score (nSPS) is 12.2. The maximum Gasteiger partial charge on any atom is 0.258 e. The van der Waals surface area contributed by atoms with Crippen molar-refractivity contribution in [1.82, 2.24) is 4.90 Å². The standard InChI is InChI=1S/C13H18FNO3/c1-4-15(9(2)8-18-3)13(17)11-7-10(14)5-6-12(11)16/h5-7,9,16H,4,8H2,1-3H3. The van der Waals surface area contributed by atoms with Gasteiger partial charge < -0.3 is 14.7 Å². The maximum atomic E-state index is 13.1. The van der Waals surface area contributed by atoms with Crippen molar-refractivity contribution in [1.29, 1.82) is 0 Å². The van der Waals surface area contributed by atoms with Crippen LogP contribution >= 0.6 is 0 Å². The van der Waals surface area contributed by atoms with E-state index in [4.69, 9.17) is 4.74 Å². The van der Waals surface area contributed by atoms with Gasteiger partial charge >= 0.3 is 0 Å². The molecule has 0 aliphatic carbocycles. The number of aromatic hydroxyl groups is 1. The summed E-state index contributed by atoms with van der Waals surface area (Å²) in [5.41, 5.74) is -0.0280. The predicted octanol–water partition coefficient (Wildman–Crippen LogP) is 2.03. The number of hydrogen-bond donors (Lipinski definition) is 1. The molecule has 0 aliphatic heterocycles. The molecule has 0 saturated carbocycles. The number of ether oxygens (including phenoxy) is 1. The van der Waals surface area contributed by atoms with Gasteiger partial charge in [-0.1, -0.05) is 0 Å². The van der Waals surface area contributed by atoms with Crippen molar-refractivity contribution in [3.05, 3.63) is 29.6 Å². The molecule has 4 nitrogen and oxygen atoms in total. The lowest BCUT2D eigenvalue weighted by Crippen LogP contribution is -2.41. The molecule has 0 fully saturated rings. The van der Waals surface area contributed by atoms with E-state index in [-0.39, 0.29) is 17.4 Å². The van der Waals surface area contributed by atoms with Gasteiger partial charge in [-0.2, -0.15) is 0 Å². The Kier molecular flexibility index (Phi) is 5.09. The third-order valence-corrected chi connectivity index (χ3v) is 2.73. The first-order chi connectivity index (χ1) is 8.51. The number of carbonyl (C=O) groups excluding carboxylic acids is 1. The van der Waals surface area contributed by atoms with Crippen LogP contribution in [0.1, 0.15) is 24.2 Å². The smallest absolute Gasteiger partial charge is 0.258 e. The Morgan fingerprint density at radius 1 is 1.56 bits per heavy atom. The fourth-order valence-electron chi connectivity index (χ4n) is 1.82. The summed E-state index contributed by atoms with van der Waals surface area (Å²) in [5, 5.41) is 9.62. The second kappa shape index (κ2) is 6.35. The Labute approximate surface area is 106 Å². The molecular formula is C13H18FNO3. The van der Waals surface area contributed by atoms with Crippen LogP contribution in [0.15, 0.2) is 18.2 Å². The minimum Gasteiger partial charge on any atom is -0.507 e. The average Bonchev–Trinajstić information content (AvgIpc) is 2.33. The number of rotatable bonds is 5. The highest BCUT2D eigenvalue weighted by atomic mass is 19.1. The van der Waals surface area contributed by atoms with Crippen LogP contribution in [-0.2, 0) is 4.74 Å². The van der Waals surface area contributed by atoms with Crippen LogP contribution in [0.3, 0.4) is 0 Å². The van der Waals surface area contributed by atoms with Gasteiger partial charge in [-0.25, -0.2) is 4.39 Å². The van der Waals surface area contributed by atoms with E-state index in [0.717, 1.165) is 12.1 Å². The monoisotopic (exact) mass is 255 g/mol. The molecule has 0 heterocycles. The van der Waals surface area contributed by atoms with Gasteiger partial charge in [-0.3, -0.25) is 4.79 Å². The van der Waals surface area contributed by atoms with Gasteiger partial charge in [0.15, 0.2) is 0 Å². The number of phenols is 1. The second-order valence-electron chi connectivity index (χ2n) is 4.06. The number of methoxy groups -OCH3 is 1. The van der Waals surface area contributed by atoms with E-state index >= 15 is 0 Å². The molecule has 0 saturated heterocycles. The second-order valence-corrected chi connectivity index (χ2v) is 4.06. The summed E-state index contributed by atoms with van der Waals surface area (Å²) in [6.07, 6.45) is 0. The third kappa shape index (κ3) is 3.20. The van der Waals surface area contributed by atoms with Crippen molar-refractivity contribution < 1.29 is 19.0 Å². The fraction of sp³-hybridized carbons (Fsp3) is 0.462. The zero-order valence-corrected chi connectivity index (χ0v) is 10.8. The van der Waals surface area contributed by atoms with Gasteiger partial charge in [0, 0.05) is 13.7 Å². The molecule has 18 heavy (non-hydrogen) atoms. The van der Waals surface area contributed by atoms with Crippen LogP contribution in [0.5, 0.6) is 5.75 Å². The van der Waals surface area contributed by atoms with E-state index in [0.29, 0.717) is 13.2 Å². The Bertz CT molecular complexity index is 423. The molecule has 1 atom stereocenters. The van der Waals surface area contributed by atoms with Gasteiger partial charge in [-0.15, -0.1) is 0 Å². The average molecular weight is 255 g/mol. The maximum absolute atomic E-state index is 13.1. The molecule has 1 rings (SSSR count). The zero-order chi connectivity index (χ0) is 13.7. The SMILES string of the molecule is CCN(C(=O)c1cc(F)ccc1O)C(C)COC. The lowest BCUT2D eigenvalue weighted by molar-refractivity contribution is 0.0576. The number of likely N-dealkylation sites (N-methyl/N-ethyl adjacent to an activating group) is 1. The molecule has 100 valence electrons. The molecule has 1 aromatic carbocycles. The van der Waals surface area contributed by atoms with Gasteiger partial charge in [0.1, 0.15) is 11.6 Å². The van der Waals surface area contributed by atoms with E-state index in [9.17, 15) is 14.3 Å². The molecule has 1 N–H and O–H groups in total. The number of carbonyl (C=O) groups is 1. The topological polar surface area (TPSA) is 49.8 Å². The fourth-order valence-corrected chi connectivity index (χ4v) is 1.82. The number of nitrogens with zero attached hydrogens (tertiary/aromatic N) is 1. The lowest BCUT2D eigenvalue weighted by atomic mass is 10.1. The van der Waals surface area contributed by atoms with Crippen LogP contribution in [0.4, 0.5) is 4.39 Å². The lowest BCUT2D eigenvalue weighted by Gasteiger charge is -2.27. The molecule has 0 radical (unpaired) electrons. The summed E-state index contributed by atoms with van der Waals surface area (Å²) in [4.78, 5) is 13.7. The Morgan fingerprint density at radius 2 is 2.22 bits per heavy atom. The van der Waals surface area contributed by atoms with Crippen LogP contribution in [-0.4, -0.2) is 42.2 Å². The number of phenolic OH excluding ortho intramolecular Hbond substituents is 1. The molecule has 1 aromatic rings. The molecule has 0 bridgehead atoms. The van der Waals surface area contributed by atoms with Gasteiger partial charge in [0.05, 0.1) is 18.2 Å². The first kappa shape index (κ1) is 14.4. The van der Waals surface area contributed by atoms with Crippen LogP contribution < -0.4 is 0 Å². The summed E-state index contributed by atoms with van der Waals surface area (Å²) in [7, 11) is 1.55. The highest BCUT2D eigenvalue weighted by molar-refractivity contribution is 5.97. The third-order valence-electron chi connectivity index (χ3n) is 2.73. The molecule has 1 amide bonds. The number of benzene rings is 1. The van der Waals surface area contributed by atoms with Crippen LogP contribution in [0.25, 0.3) is 0 Å². The van der Waals surface area contributed by atoms with E-state index in [2.05, 4.69) is 0 Å². The highest BCUT2D eigenvalue weighted by Gasteiger charge is 2.22. The minimum absolute atomic E-state index is 0.0280. The molecule has 0 aliphatic rings. The van der Waals surface area contributed by atoms with Gasteiger partial charge in [-0.05, 0) is 32.0 Å². The number of hydrogen-bond acceptors (Lipinski definition) is 3. The molecule has 1 unspecified atom stereocenters. The molecule has 0 aromatic heterocycles. The van der Waals surface area contributed by atoms with Gasteiger partial charge in [0.25, 0.3) is 5.91 Å². The van der Waals surface area contributed by atoms with E-state index in [1.807, 2.05) is 13.8 Å². The predicted molar refractivity (Wildman–Crippen MR) is 66.1 cm³/mol. The van der Waals surface area contributed by atoms with Crippen molar-refractivity contribution >= 4 is 5.91 Å². The van der Waals surface area contributed by atoms with Crippen LogP contribution in [0.2, 0.25) is 0 Å². The Balaban J connectivity index is 2.99. The quantitative estimate of drug-likeness (QED) is 0.875. The summed E-state index contributed by atoms with van der Waals surface area (Å²) >= 11 is 0. The summed E-state index contributed by atoms with van der Waals surface area (Å²) in [5.74, 6) is -1.17. The summed E-state index contributed by atoms with van der Waals surface area (Å²) < 4.78 is 18.1. The number of amides is 1. The Hall–Kier alpha value is -1.62. The minimum atomic E-state index is -0.549. The van der Waals surface area contributed by atoms with E-state index < -0.39 is 11.7 Å². The number of halogens is 1. The van der Waals surface area contributed by atoms with Crippen molar-refractivity contribution in [2.45, 2.75) is 19.9 Å². The van der Waals surface area contributed by atoms with Crippen molar-refractivity contribution in [2.24, 2.45) is 0 Å². The molecule has 0 spiro atoms.